The molecule has 0 saturated heterocycles. The van der Waals surface area contributed by atoms with Gasteiger partial charge in [-0.05, 0) is 43.4 Å². The number of hydrogen-bond acceptors (Lipinski definition) is 1. The van der Waals surface area contributed by atoms with Crippen molar-refractivity contribution in [2.24, 2.45) is 0 Å². The lowest BCUT2D eigenvalue weighted by molar-refractivity contribution is 0.294. The standard InChI is InChI=1S/C15H18ClN/c1-2-3-4-9-17-15-10-13(11-15)12-5-7-14(16)8-6-12/h5-8,13,15,17H,4,9-11H2,1H3. The van der Waals surface area contributed by atoms with Crippen LogP contribution in [0.2, 0.25) is 5.02 Å². The molecule has 1 aliphatic carbocycles. The van der Waals surface area contributed by atoms with E-state index in [4.69, 9.17) is 11.6 Å². The Labute approximate surface area is 109 Å². The maximum Gasteiger partial charge on any atom is 0.0406 e. The first-order chi connectivity index (χ1) is 8.29. The normalized spacial score (nSPS) is 22.5. The van der Waals surface area contributed by atoms with Crippen LogP contribution in [0, 0.1) is 11.8 Å². The maximum atomic E-state index is 5.88. The van der Waals surface area contributed by atoms with Gasteiger partial charge in [0.2, 0.25) is 0 Å². The molecule has 1 nitrogen and oxygen atoms in total. The minimum absolute atomic E-state index is 0.675. The van der Waals surface area contributed by atoms with Gasteiger partial charge in [0.1, 0.15) is 0 Å². The minimum atomic E-state index is 0.675. The molecule has 1 saturated carbocycles. The first-order valence-corrected chi connectivity index (χ1v) is 6.56. The van der Waals surface area contributed by atoms with Gasteiger partial charge in [0.05, 0.1) is 0 Å². The predicted molar refractivity (Wildman–Crippen MR) is 73.3 cm³/mol. The van der Waals surface area contributed by atoms with Gasteiger partial charge in [0.25, 0.3) is 0 Å². The van der Waals surface area contributed by atoms with E-state index in [-0.39, 0.29) is 0 Å². The van der Waals surface area contributed by atoms with Gasteiger partial charge >= 0.3 is 0 Å². The second kappa shape index (κ2) is 6.10. The molecular weight excluding hydrogens is 230 g/mol. The zero-order chi connectivity index (χ0) is 12.1. The lowest BCUT2D eigenvalue weighted by atomic mass is 9.76. The number of halogens is 1. The predicted octanol–water partition coefficient (Wildman–Crippen LogP) is 3.59. The van der Waals surface area contributed by atoms with Crippen LogP contribution in [0.3, 0.4) is 0 Å². The van der Waals surface area contributed by atoms with E-state index in [0.717, 1.165) is 18.0 Å². The molecule has 2 rings (SSSR count). The summed E-state index contributed by atoms with van der Waals surface area (Å²) in [5.41, 5.74) is 1.42. The van der Waals surface area contributed by atoms with Crippen molar-refractivity contribution in [3.05, 3.63) is 34.9 Å². The van der Waals surface area contributed by atoms with Crippen LogP contribution in [0.1, 0.15) is 37.7 Å². The molecule has 1 aromatic rings. The fraction of sp³-hybridized carbons (Fsp3) is 0.467. The van der Waals surface area contributed by atoms with Crippen molar-refractivity contribution < 1.29 is 0 Å². The Kier molecular flexibility index (Phi) is 4.48. The third-order valence-corrected chi connectivity index (χ3v) is 3.59. The van der Waals surface area contributed by atoms with Crippen LogP contribution in [0.4, 0.5) is 0 Å². The highest BCUT2D eigenvalue weighted by molar-refractivity contribution is 6.30. The lowest BCUT2D eigenvalue weighted by Gasteiger charge is -2.36. The SMILES string of the molecule is CC#CCCNC1CC(c2ccc(Cl)cc2)C1. The fourth-order valence-electron chi connectivity index (χ4n) is 2.26. The molecule has 1 aromatic carbocycles. The Hall–Kier alpha value is -0.970. The van der Waals surface area contributed by atoms with Gasteiger partial charge in [0.15, 0.2) is 0 Å². The first-order valence-electron chi connectivity index (χ1n) is 6.18. The van der Waals surface area contributed by atoms with Crippen molar-refractivity contribution in [1.29, 1.82) is 0 Å². The Morgan fingerprint density at radius 2 is 2.00 bits per heavy atom. The topological polar surface area (TPSA) is 12.0 Å². The minimum Gasteiger partial charge on any atom is -0.313 e. The Morgan fingerprint density at radius 1 is 1.29 bits per heavy atom. The smallest absolute Gasteiger partial charge is 0.0406 e. The highest BCUT2D eigenvalue weighted by atomic mass is 35.5. The van der Waals surface area contributed by atoms with Crippen LogP contribution in [0.15, 0.2) is 24.3 Å². The van der Waals surface area contributed by atoms with Crippen LogP contribution in [-0.4, -0.2) is 12.6 Å². The number of nitrogens with one attached hydrogen (secondary N) is 1. The monoisotopic (exact) mass is 247 g/mol. The average molecular weight is 248 g/mol. The van der Waals surface area contributed by atoms with E-state index in [1.165, 1.54) is 18.4 Å². The molecule has 0 aliphatic heterocycles. The summed E-state index contributed by atoms with van der Waals surface area (Å²) in [5, 5.41) is 4.36. The van der Waals surface area contributed by atoms with Gasteiger partial charge in [-0.25, -0.2) is 0 Å². The molecule has 0 unspecified atom stereocenters. The molecule has 0 heterocycles. The summed E-state index contributed by atoms with van der Waals surface area (Å²) in [6.45, 7) is 2.90. The fourth-order valence-corrected chi connectivity index (χ4v) is 2.38. The van der Waals surface area contributed by atoms with Gasteiger partial charge in [-0.3, -0.25) is 0 Å². The molecular formula is C15H18ClN. The van der Waals surface area contributed by atoms with Gasteiger partial charge in [0, 0.05) is 24.0 Å². The molecule has 0 spiro atoms. The quantitative estimate of drug-likeness (QED) is 0.633. The average Bonchev–Trinajstić information content (AvgIpc) is 2.28. The summed E-state index contributed by atoms with van der Waals surface area (Å²) in [5.74, 6) is 6.70. The third-order valence-electron chi connectivity index (χ3n) is 3.34. The van der Waals surface area contributed by atoms with Crippen molar-refractivity contribution >= 4 is 11.6 Å². The van der Waals surface area contributed by atoms with Crippen LogP contribution < -0.4 is 5.32 Å². The molecule has 0 radical (unpaired) electrons. The maximum absolute atomic E-state index is 5.88. The molecule has 2 heteroatoms. The van der Waals surface area contributed by atoms with Gasteiger partial charge in [-0.15, -0.1) is 11.8 Å². The molecule has 1 N–H and O–H groups in total. The summed E-state index contributed by atoms with van der Waals surface area (Å²) < 4.78 is 0. The number of rotatable bonds is 4. The van der Waals surface area contributed by atoms with Gasteiger partial charge < -0.3 is 5.32 Å². The number of hydrogen-bond donors (Lipinski definition) is 1. The molecule has 17 heavy (non-hydrogen) atoms. The Bertz CT molecular complexity index is 407. The second-order valence-electron chi connectivity index (χ2n) is 4.55. The molecule has 0 atom stereocenters. The van der Waals surface area contributed by atoms with Crippen molar-refractivity contribution in [1.82, 2.24) is 5.32 Å². The van der Waals surface area contributed by atoms with Crippen LogP contribution in [0.25, 0.3) is 0 Å². The highest BCUT2D eigenvalue weighted by Gasteiger charge is 2.29. The molecule has 1 aliphatic rings. The van der Waals surface area contributed by atoms with E-state index >= 15 is 0 Å². The number of benzene rings is 1. The molecule has 0 bridgehead atoms. The molecule has 1 fully saturated rings. The van der Waals surface area contributed by atoms with E-state index in [2.05, 4.69) is 29.3 Å². The van der Waals surface area contributed by atoms with Crippen LogP contribution in [0.5, 0.6) is 0 Å². The van der Waals surface area contributed by atoms with Crippen LogP contribution >= 0.6 is 11.6 Å². The Balaban J connectivity index is 1.71. The third kappa shape index (κ3) is 3.49. The molecule has 0 amide bonds. The van der Waals surface area contributed by atoms with E-state index in [9.17, 15) is 0 Å². The molecule has 0 aromatic heterocycles. The highest BCUT2D eigenvalue weighted by Crippen LogP contribution is 2.37. The summed E-state index contributed by atoms with van der Waals surface area (Å²) in [4.78, 5) is 0. The Morgan fingerprint density at radius 3 is 2.65 bits per heavy atom. The van der Waals surface area contributed by atoms with Gasteiger partial charge in [-0.1, -0.05) is 23.7 Å². The lowest BCUT2D eigenvalue weighted by Crippen LogP contribution is -2.40. The van der Waals surface area contributed by atoms with E-state index in [0.29, 0.717) is 12.0 Å². The summed E-state index contributed by atoms with van der Waals surface area (Å²) >= 11 is 5.88. The molecule has 90 valence electrons. The second-order valence-corrected chi connectivity index (χ2v) is 4.98. The zero-order valence-electron chi connectivity index (χ0n) is 10.2. The first kappa shape index (κ1) is 12.5. The van der Waals surface area contributed by atoms with E-state index < -0.39 is 0 Å². The largest absolute Gasteiger partial charge is 0.313 e. The van der Waals surface area contributed by atoms with E-state index in [1.54, 1.807) is 0 Å². The van der Waals surface area contributed by atoms with Crippen molar-refractivity contribution in [3.63, 3.8) is 0 Å². The van der Waals surface area contributed by atoms with Crippen molar-refractivity contribution in [2.45, 2.75) is 38.1 Å². The van der Waals surface area contributed by atoms with E-state index in [1.807, 2.05) is 19.1 Å². The summed E-state index contributed by atoms with van der Waals surface area (Å²) in [6.07, 6.45) is 3.43. The van der Waals surface area contributed by atoms with Gasteiger partial charge in [-0.2, -0.15) is 0 Å². The van der Waals surface area contributed by atoms with Crippen molar-refractivity contribution in [3.8, 4) is 11.8 Å². The van der Waals surface area contributed by atoms with Crippen molar-refractivity contribution in [2.75, 3.05) is 6.54 Å². The summed E-state index contributed by atoms with van der Waals surface area (Å²) in [6, 6.07) is 8.93. The zero-order valence-corrected chi connectivity index (χ0v) is 10.9. The summed E-state index contributed by atoms with van der Waals surface area (Å²) in [7, 11) is 0. The van der Waals surface area contributed by atoms with Crippen LogP contribution in [-0.2, 0) is 0 Å².